The molecule has 0 unspecified atom stereocenters. The minimum Gasteiger partial charge on any atom is -0.247 e. The van der Waals surface area contributed by atoms with Crippen molar-refractivity contribution in [1.82, 2.24) is 15.4 Å². The fourth-order valence-electron chi connectivity index (χ4n) is 2.32. The highest BCUT2D eigenvalue weighted by Gasteiger charge is 2.32. The van der Waals surface area contributed by atoms with Crippen LogP contribution in [0.4, 0.5) is 13.2 Å². The van der Waals surface area contributed by atoms with Crippen molar-refractivity contribution in [3.63, 3.8) is 0 Å². The molecule has 3 rings (SSSR count). The zero-order chi connectivity index (χ0) is 18.2. The number of nitrogens with one attached hydrogen (secondary N) is 1. The van der Waals surface area contributed by atoms with Crippen LogP contribution in [0.2, 0.25) is 10.0 Å². The monoisotopic (exact) mass is 382 g/mol. The Balaban J connectivity index is 2.26. The van der Waals surface area contributed by atoms with Crippen LogP contribution >= 0.6 is 23.2 Å². The lowest BCUT2D eigenvalue weighted by Crippen LogP contribution is -2.05. The van der Waals surface area contributed by atoms with Crippen molar-refractivity contribution >= 4 is 23.2 Å². The van der Waals surface area contributed by atoms with Gasteiger partial charge in [-0.1, -0.05) is 34.5 Å². The molecule has 9 heteroatoms. The van der Waals surface area contributed by atoms with Gasteiger partial charge in [-0.15, -0.1) is 5.10 Å². The van der Waals surface area contributed by atoms with E-state index in [9.17, 15) is 13.2 Å². The Morgan fingerprint density at radius 3 is 2.40 bits per heavy atom. The smallest absolute Gasteiger partial charge is 0.247 e. The van der Waals surface area contributed by atoms with E-state index in [1.807, 2.05) is 0 Å². The number of halogens is 5. The molecular weight excluding hydrogens is 376 g/mol. The number of benzene rings is 2. The number of aromatic amines is 1. The van der Waals surface area contributed by atoms with E-state index in [0.717, 1.165) is 12.1 Å². The molecule has 0 amide bonds. The van der Waals surface area contributed by atoms with Crippen molar-refractivity contribution in [3.8, 4) is 28.5 Å². The number of alkyl halides is 3. The second kappa shape index (κ2) is 6.39. The van der Waals surface area contributed by atoms with Crippen LogP contribution in [-0.4, -0.2) is 15.4 Å². The maximum absolute atomic E-state index is 13.3. The molecule has 0 saturated carbocycles. The second-order valence-electron chi connectivity index (χ2n) is 5.07. The number of rotatable bonds is 2. The minimum absolute atomic E-state index is 0.0277. The molecular formula is C16H7Cl2F3N4. The Hall–Kier alpha value is -2.56. The summed E-state index contributed by atoms with van der Waals surface area (Å²) in [4.78, 5) is 0. The first kappa shape index (κ1) is 17.3. The second-order valence-corrected chi connectivity index (χ2v) is 5.91. The summed E-state index contributed by atoms with van der Waals surface area (Å²) in [6, 6.07) is 9.64. The Morgan fingerprint density at radius 2 is 1.76 bits per heavy atom. The summed E-state index contributed by atoms with van der Waals surface area (Å²) in [6.07, 6.45) is -4.58. The van der Waals surface area contributed by atoms with E-state index in [1.54, 1.807) is 6.07 Å². The molecule has 0 aliphatic heterocycles. The Morgan fingerprint density at radius 1 is 1.04 bits per heavy atom. The van der Waals surface area contributed by atoms with Gasteiger partial charge in [-0.3, -0.25) is 0 Å². The van der Waals surface area contributed by atoms with Crippen molar-refractivity contribution in [3.05, 3.63) is 57.7 Å². The van der Waals surface area contributed by atoms with Gasteiger partial charge in [-0.25, -0.2) is 5.10 Å². The van der Waals surface area contributed by atoms with E-state index < -0.39 is 11.7 Å². The van der Waals surface area contributed by atoms with Crippen LogP contribution < -0.4 is 0 Å². The van der Waals surface area contributed by atoms with Crippen molar-refractivity contribution in [2.45, 2.75) is 6.18 Å². The first-order valence-electron chi connectivity index (χ1n) is 6.79. The molecule has 1 aromatic heterocycles. The summed E-state index contributed by atoms with van der Waals surface area (Å²) >= 11 is 12.0. The van der Waals surface area contributed by atoms with Gasteiger partial charge < -0.3 is 0 Å². The van der Waals surface area contributed by atoms with Crippen LogP contribution in [0.3, 0.4) is 0 Å². The van der Waals surface area contributed by atoms with Gasteiger partial charge >= 0.3 is 6.18 Å². The van der Waals surface area contributed by atoms with Crippen LogP contribution in [-0.2, 0) is 6.18 Å². The molecule has 0 spiro atoms. The molecule has 25 heavy (non-hydrogen) atoms. The van der Waals surface area contributed by atoms with Crippen LogP contribution in [0, 0.1) is 11.3 Å². The maximum atomic E-state index is 13.3. The average molecular weight is 383 g/mol. The molecule has 1 N–H and O–H groups in total. The quantitative estimate of drug-likeness (QED) is 0.650. The third kappa shape index (κ3) is 3.45. The SMILES string of the molecule is N#Cc1[nH]nnc1-c1cc(-c2ccc(Cl)cc2Cl)cc(C(F)(F)F)c1. The summed E-state index contributed by atoms with van der Waals surface area (Å²) in [5.74, 6) is 0. The highest BCUT2D eigenvalue weighted by Crippen LogP contribution is 2.38. The summed E-state index contributed by atoms with van der Waals surface area (Å²) in [5.41, 5.74) is -0.203. The third-order valence-electron chi connectivity index (χ3n) is 3.44. The zero-order valence-corrected chi connectivity index (χ0v) is 13.7. The Kier molecular flexibility index (Phi) is 4.41. The standard InChI is InChI=1S/C16H7Cl2F3N4/c17-11-1-2-12(13(18)6-11)8-3-9(5-10(4-8)16(19,20)21)15-14(7-22)23-25-24-15/h1-6H,(H,23,24,25). The fraction of sp³-hybridized carbons (Fsp3) is 0.0625. The molecule has 0 bridgehead atoms. The Bertz CT molecular complexity index is 990. The van der Waals surface area contributed by atoms with Gasteiger partial charge in [0.05, 0.1) is 5.56 Å². The zero-order valence-electron chi connectivity index (χ0n) is 12.2. The van der Waals surface area contributed by atoms with Gasteiger partial charge in [-0.2, -0.15) is 18.4 Å². The van der Waals surface area contributed by atoms with E-state index in [0.29, 0.717) is 10.6 Å². The molecule has 126 valence electrons. The molecule has 3 aromatic rings. The van der Waals surface area contributed by atoms with Gasteiger partial charge in [0.1, 0.15) is 11.8 Å². The van der Waals surface area contributed by atoms with Crippen LogP contribution in [0.1, 0.15) is 11.3 Å². The van der Waals surface area contributed by atoms with Crippen molar-refractivity contribution in [2.75, 3.05) is 0 Å². The molecule has 0 aliphatic rings. The van der Waals surface area contributed by atoms with Crippen molar-refractivity contribution in [2.24, 2.45) is 0 Å². The van der Waals surface area contributed by atoms with E-state index in [4.69, 9.17) is 28.5 Å². The minimum atomic E-state index is -4.58. The van der Waals surface area contributed by atoms with E-state index in [2.05, 4.69) is 15.4 Å². The van der Waals surface area contributed by atoms with Crippen LogP contribution in [0.25, 0.3) is 22.4 Å². The molecule has 0 aliphatic carbocycles. The number of hydrogen-bond donors (Lipinski definition) is 1. The summed E-state index contributed by atoms with van der Waals surface area (Å²) in [5, 5.41) is 19.1. The van der Waals surface area contributed by atoms with Gasteiger partial charge in [0, 0.05) is 21.2 Å². The number of nitrogens with zero attached hydrogens (tertiary/aromatic N) is 3. The maximum Gasteiger partial charge on any atom is 0.416 e. The first-order chi connectivity index (χ1) is 11.8. The molecule has 1 heterocycles. The average Bonchev–Trinajstić information content (AvgIpc) is 3.02. The Labute approximate surface area is 149 Å². The van der Waals surface area contributed by atoms with Gasteiger partial charge in [0.2, 0.25) is 0 Å². The highest BCUT2D eigenvalue weighted by molar-refractivity contribution is 6.36. The van der Waals surface area contributed by atoms with Gasteiger partial charge in [0.15, 0.2) is 5.69 Å². The molecule has 0 atom stereocenters. The predicted octanol–water partition coefficient (Wildman–Crippen LogP) is 5.34. The number of hydrogen-bond acceptors (Lipinski definition) is 3. The largest absolute Gasteiger partial charge is 0.416 e. The predicted molar refractivity (Wildman–Crippen MR) is 87.0 cm³/mol. The molecule has 0 fully saturated rings. The lowest BCUT2D eigenvalue weighted by atomic mass is 9.97. The topological polar surface area (TPSA) is 65.4 Å². The van der Waals surface area contributed by atoms with Crippen LogP contribution in [0.5, 0.6) is 0 Å². The van der Waals surface area contributed by atoms with Gasteiger partial charge in [0.25, 0.3) is 0 Å². The lowest BCUT2D eigenvalue weighted by molar-refractivity contribution is -0.137. The third-order valence-corrected chi connectivity index (χ3v) is 3.98. The number of aromatic nitrogens is 3. The number of H-pyrrole nitrogens is 1. The van der Waals surface area contributed by atoms with Crippen LogP contribution in [0.15, 0.2) is 36.4 Å². The summed E-state index contributed by atoms with van der Waals surface area (Å²) in [7, 11) is 0. The van der Waals surface area contributed by atoms with E-state index in [1.165, 1.54) is 24.3 Å². The normalized spacial score (nSPS) is 11.4. The van der Waals surface area contributed by atoms with Crippen molar-refractivity contribution < 1.29 is 13.2 Å². The molecule has 0 saturated heterocycles. The fourth-order valence-corrected chi connectivity index (χ4v) is 2.83. The highest BCUT2D eigenvalue weighted by atomic mass is 35.5. The first-order valence-corrected chi connectivity index (χ1v) is 7.54. The molecule has 4 nitrogen and oxygen atoms in total. The summed E-state index contributed by atoms with van der Waals surface area (Å²) < 4.78 is 39.9. The number of nitriles is 1. The van der Waals surface area contributed by atoms with Gasteiger partial charge in [-0.05, 0) is 35.9 Å². The molecule has 0 radical (unpaired) electrons. The summed E-state index contributed by atoms with van der Waals surface area (Å²) in [6.45, 7) is 0. The van der Waals surface area contributed by atoms with E-state index >= 15 is 0 Å². The van der Waals surface area contributed by atoms with E-state index in [-0.39, 0.29) is 27.5 Å². The van der Waals surface area contributed by atoms with Crippen molar-refractivity contribution in [1.29, 1.82) is 5.26 Å². The lowest BCUT2D eigenvalue weighted by Gasteiger charge is -2.13. The molecule has 2 aromatic carbocycles.